The molecule has 2 rings (SSSR count). The molecule has 0 radical (unpaired) electrons. The zero-order valence-corrected chi connectivity index (χ0v) is 9.41. The molecule has 1 unspecified atom stereocenters. The zero-order valence-electron chi connectivity index (χ0n) is 7.83. The molecule has 0 aliphatic carbocycles. The first kappa shape index (κ1) is 9.74. The van der Waals surface area contributed by atoms with Crippen molar-refractivity contribution in [2.75, 3.05) is 6.61 Å². The fourth-order valence-corrected chi connectivity index (χ4v) is 1.70. The minimum absolute atomic E-state index is 0.0566. The minimum atomic E-state index is 0.0566. The van der Waals surface area contributed by atoms with Crippen LogP contribution in [0, 0.1) is 0 Å². The van der Waals surface area contributed by atoms with Crippen molar-refractivity contribution in [1.29, 1.82) is 0 Å². The number of hydrogen-bond donors (Lipinski definition) is 1. The molecule has 0 spiro atoms. The van der Waals surface area contributed by atoms with Crippen molar-refractivity contribution in [3.8, 4) is 0 Å². The second-order valence-electron chi connectivity index (χ2n) is 3.41. The predicted molar refractivity (Wildman–Crippen MR) is 59.4 cm³/mol. The first-order valence-corrected chi connectivity index (χ1v) is 5.30. The standard InChI is InChI=1S/C11H11BrO2/c1-7(6-13)10-4-8-2-3-9(12)5-11(8)14-10/h2-5,7,13H,6H2,1H3. The van der Waals surface area contributed by atoms with Gasteiger partial charge in [0.1, 0.15) is 11.3 Å². The monoisotopic (exact) mass is 254 g/mol. The Morgan fingerprint density at radius 1 is 1.43 bits per heavy atom. The summed E-state index contributed by atoms with van der Waals surface area (Å²) in [4.78, 5) is 0. The van der Waals surface area contributed by atoms with E-state index < -0.39 is 0 Å². The highest BCUT2D eigenvalue weighted by molar-refractivity contribution is 9.10. The van der Waals surface area contributed by atoms with Gasteiger partial charge in [-0.2, -0.15) is 0 Å². The van der Waals surface area contributed by atoms with Gasteiger partial charge in [-0.05, 0) is 24.3 Å². The van der Waals surface area contributed by atoms with Gasteiger partial charge < -0.3 is 9.52 Å². The van der Waals surface area contributed by atoms with Gasteiger partial charge >= 0.3 is 0 Å². The van der Waals surface area contributed by atoms with E-state index in [1.165, 1.54) is 0 Å². The highest BCUT2D eigenvalue weighted by Crippen LogP contribution is 2.27. The number of rotatable bonds is 2. The average Bonchev–Trinajstić information content (AvgIpc) is 2.59. The Bertz CT molecular complexity index is 447. The number of fused-ring (bicyclic) bond motifs is 1. The predicted octanol–water partition coefficient (Wildman–Crippen LogP) is 3.29. The molecule has 74 valence electrons. The van der Waals surface area contributed by atoms with Crippen LogP contribution < -0.4 is 0 Å². The van der Waals surface area contributed by atoms with E-state index in [2.05, 4.69) is 15.9 Å². The lowest BCUT2D eigenvalue weighted by Gasteiger charge is -2.00. The van der Waals surface area contributed by atoms with Gasteiger partial charge in [0.2, 0.25) is 0 Å². The summed E-state index contributed by atoms with van der Waals surface area (Å²) >= 11 is 3.39. The van der Waals surface area contributed by atoms with E-state index in [1.807, 2.05) is 31.2 Å². The maximum absolute atomic E-state index is 9.00. The Balaban J connectivity index is 2.51. The molecule has 1 atom stereocenters. The molecule has 0 aliphatic heterocycles. The molecule has 1 heterocycles. The maximum atomic E-state index is 9.00. The molecule has 1 aromatic carbocycles. The van der Waals surface area contributed by atoms with Crippen LogP contribution >= 0.6 is 15.9 Å². The van der Waals surface area contributed by atoms with E-state index in [0.29, 0.717) is 0 Å². The van der Waals surface area contributed by atoms with Crippen LogP contribution in [0.25, 0.3) is 11.0 Å². The molecule has 2 nitrogen and oxygen atoms in total. The van der Waals surface area contributed by atoms with Gasteiger partial charge in [-0.25, -0.2) is 0 Å². The van der Waals surface area contributed by atoms with E-state index in [0.717, 1.165) is 21.2 Å². The van der Waals surface area contributed by atoms with Crippen LogP contribution in [0.2, 0.25) is 0 Å². The summed E-state index contributed by atoms with van der Waals surface area (Å²) in [6, 6.07) is 7.88. The Labute approximate surface area is 90.7 Å². The van der Waals surface area contributed by atoms with E-state index >= 15 is 0 Å². The Hall–Kier alpha value is -0.800. The summed E-state index contributed by atoms with van der Waals surface area (Å²) in [5, 5.41) is 10.1. The molecule has 0 saturated heterocycles. The van der Waals surface area contributed by atoms with E-state index in [1.54, 1.807) is 0 Å². The van der Waals surface area contributed by atoms with Crippen molar-refractivity contribution in [3.05, 3.63) is 34.5 Å². The largest absolute Gasteiger partial charge is 0.461 e. The van der Waals surface area contributed by atoms with Crippen LogP contribution in [0.15, 0.2) is 33.2 Å². The summed E-state index contributed by atoms with van der Waals surface area (Å²) < 4.78 is 6.61. The van der Waals surface area contributed by atoms with Crippen LogP contribution in [-0.4, -0.2) is 11.7 Å². The number of aliphatic hydroxyl groups is 1. The Morgan fingerprint density at radius 3 is 2.93 bits per heavy atom. The molecule has 1 N–H and O–H groups in total. The lowest BCUT2D eigenvalue weighted by molar-refractivity contribution is 0.259. The molecule has 0 saturated carbocycles. The van der Waals surface area contributed by atoms with Crippen LogP contribution in [0.1, 0.15) is 18.6 Å². The second-order valence-corrected chi connectivity index (χ2v) is 4.33. The van der Waals surface area contributed by atoms with Crippen LogP contribution in [0.4, 0.5) is 0 Å². The molecule has 14 heavy (non-hydrogen) atoms. The second kappa shape index (κ2) is 3.75. The number of hydrogen-bond acceptors (Lipinski definition) is 2. The molecule has 0 bridgehead atoms. The number of halogens is 1. The van der Waals surface area contributed by atoms with Crippen LogP contribution in [-0.2, 0) is 0 Å². The number of furan rings is 1. The quantitative estimate of drug-likeness (QED) is 0.893. The van der Waals surface area contributed by atoms with Gasteiger partial charge in [0.25, 0.3) is 0 Å². The fourth-order valence-electron chi connectivity index (χ4n) is 1.36. The van der Waals surface area contributed by atoms with Crippen molar-refractivity contribution in [2.24, 2.45) is 0 Å². The third-order valence-electron chi connectivity index (χ3n) is 2.26. The molecule has 1 aromatic heterocycles. The van der Waals surface area contributed by atoms with Crippen LogP contribution in [0.5, 0.6) is 0 Å². The smallest absolute Gasteiger partial charge is 0.135 e. The Kier molecular flexibility index (Phi) is 2.61. The average molecular weight is 255 g/mol. The van der Waals surface area contributed by atoms with Crippen molar-refractivity contribution in [1.82, 2.24) is 0 Å². The number of aliphatic hydroxyl groups excluding tert-OH is 1. The van der Waals surface area contributed by atoms with Gasteiger partial charge in [0.15, 0.2) is 0 Å². The summed E-state index contributed by atoms with van der Waals surface area (Å²) in [7, 11) is 0. The van der Waals surface area contributed by atoms with Gasteiger partial charge in [-0.1, -0.05) is 22.9 Å². The van der Waals surface area contributed by atoms with Crippen molar-refractivity contribution >= 4 is 26.9 Å². The highest BCUT2D eigenvalue weighted by atomic mass is 79.9. The zero-order chi connectivity index (χ0) is 10.1. The molecule has 0 aliphatic rings. The third-order valence-corrected chi connectivity index (χ3v) is 2.75. The van der Waals surface area contributed by atoms with Crippen molar-refractivity contribution in [3.63, 3.8) is 0 Å². The maximum Gasteiger partial charge on any atom is 0.135 e. The molecular weight excluding hydrogens is 244 g/mol. The first-order valence-electron chi connectivity index (χ1n) is 4.50. The van der Waals surface area contributed by atoms with E-state index in [9.17, 15) is 0 Å². The molecule has 0 fully saturated rings. The van der Waals surface area contributed by atoms with E-state index in [4.69, 9.17) is 9.52 Å². The number of benzene rings is 1. The van der Waals surface area contributed by atoms with Crippen molar-refractivity contribution in [2.45, 2.75) is 12.8 Å². The third kappa shape index (κ3) is 1.70. The van der Waals surface area contributed by atoms with Gasteiger partial charge in [0, 0.05) is 15.8 Å². The molecule has 2 aromatic rings. The minimum Gasteiger partial charge on any atom is -0.461 e. The topological polar surface area (TPSA) is 33.4 Å². The summed E-state index contributed by atoms with van der Waals surface area (Å²) in [6.07, 6.45) is 0. The highest BCUT2D eigenvalue weighted by Gasteiger charge is 2.10. The summed E-state index contributed by atoms with van der Waals surface area (Å²) in [5.74, 6) is 0.891. The lowest BCUT2D eigenvalue weighted by atomic mass is 10.1. The Morgan fingerprint density at radius 2 is 2.21 bits per heavy atom. The first-order chi connectivity index (χ1) is 6.70. The van der Waals surface area contributed by atoms with Gasteiger partial charge in [0.05, 0.1) is 6.61 Å². The van der Waals surface area contributed by atoms with Gasteiger partial charge in [-0.3, -0.25) is 0 Å². The SMILES string of the molecule is CC(CO)c1cc2ccc(Br)cc2o1. The summed E-state index contributed by atoms with van der Waals surface area (Å²) in [6.45, 7) is 2.05. The van der Waals surface area contributed by atoms with E-state index in [-0.39, 0.29) is 12.5 Å². The molecule has 0 amide bonds. The van der Waals surface area contributed by atoms with Crippen LogP contribution in [0.3, 0.4) is 0 Å². The molecular formula is C11H11BrO2. The van der Waals surface area contributed by atoms with Crippen molar-refractivity contribution < 1.29 is 9.52 Å². The normalized spacial score (nSPS) is 13.4. The summed E-state index contributed by atoms with van der Waals surface area (Å²) in [5.41, 5.74) is 0.856. The molecule has 3 heteroatoms. The van der Waals surface area contributed by atoms with Gasteiger partial charge in [-0.15, -0.1) is 0 Å². The lowest BCUT2D eigenvalue weighted by Crippen LogP contribution is -1.95. The fraction of sp³-hybridized carbons (Fsp3) is 0.273.